The van der Waals surface area contributed by atoms with Crippen molar-refractivity contribution < 1.29 is 8.62 Å². The Morgan fingerprint density at radius 2 is 1.71 bits per heavy atom. The molecule has 0 aliphatic carbocycles. The normalized spacial score (nSPS) is 11.7. The van der Waals surface area contributed by atoms with Crippen molar-refractivity contribution in [3.63, 3.8) is 0 Å². The number of benzene rings is 2. The summed E-state index contributed by atoms with van der Waals surface area (Å²) in [5, 5.41) is 0.773. The zero-order chi connectivity index (χ0) is 20.5. The monoisotopic (exact) mass is 416 g/mol. The van der Waals surface area contributed by atoms with Gasteiger partial charge in [-0.25, -0.2) is 8.96 Å². The van der Waals surface area contributed by atoms with Gasteiger partial charge in [0.25, 0.3) is 0 Å². The average molecular weight is 417 g/mol. The fourth-order valence-electron chi connectivity index (χ4n) is 2.98. The van der Waals surface area contributed by atoms with E-state index in [0.717, 1.165) is 26.7 Å². The standard InChI is InChI=1S/C22H25FN2OS2/c1-14-7-12-19(26-6)18(13-14)20-24-15(2)21(25(20)28-23)27-17-10-8-16(9-11-17)22(3,4)5/h7-13H,1-6H3. The zero-order valence-electron chi connectivity index (χ0n) is 17.0. The van der Waals surface area contributed by atoms with Crippen LogP contribution in [0.5, 0.6) is 5.75 Å². The lowest BCUT2D eigenvalue weighted by Crippen LogP contribution is -2.10. The highest BCUT2D eigenvalue weighted by Crippen LogP contribution is 2.40. The maximum atomic E-state index is 14.0. The Morgan fingerprint density at radius 3 is 2.29 bits per heavy atom. The lowest BCUT2D eigenvalue weighted by atomic mass is 9.87. The molecule has 2 aromatic carbocycles. The molecular weight excluding hydrogens is 391 g/mol. The summed E-state index contributed by atoms with van der Waals surface area (Å²) in [7, 11) is 1.61. The Labute approximate surface area is 175 Å². The predicted octanol–water partition coefficient (Wildman–Crippen LogP) is 7.01. The van der Waals surface area contributed by atoms with Gasteiger partial charge in [-0.15, -0.1) is 3.89 Å². The molecule has 0 N–H and O–H groups in total. The highest BCUT2D eigenvalue weighted by molar-refractivity contribution is 8.00. The first kappa shape index (κ1) is 20.8. The van der Waals surface area contributed by atoms with Gasteiger partial charge in [-0.2, -0.15) is 0 Å². The van der Waals surface area contributed by atoms with Gasteiger partial charge in [-0.3, -0.25) is 0 Å². The van der Waals surface area contributed by atoms with Crippen molar-refractivity contribution in [3.05, 3.63) is 59.3 Å². The largest absolute Gasteiger partial charge is 0.496 e. The lowest BCUT2D eigenvalue weighted by molar-refractivity contribution is 0.416. The third-order valence-electron chi connectivity index (χ3n) is 4.56. The molecule has 28 heavy (non-hydrogen) atoms. The van der Waals surface area contributed by atoms with E-state index in [-0.39, 0.29) is 17.7 Å². The average Bonchev–Trinajstić information content (AvgIpc) is 2.97. The Bertz CT molecular complexity index is 975. The molecule has 148 valence electrons. The molecule has 0 unspecified atom stereocenters. The Balaban J connectivity index is 2.01. The Kier molecular flexibility index (Phi) is 6.10. The van der Waals surface area contributed by atoms with Crippen LogP contribution in [0.1, 0.15) is 37.6 Å². The van der Waals surface area contributed by atoms with Gasteiger partial charge in [0.2, 0.25) is 0 Å². The number of aromatic nitrogens is 2. The summed E-state index contributed by atoms with van der Waals surface area (Å²) in [6.45, 7) is 10.5. The predicted molar refractivity (Wildman–Crippen MR) is 117 cm³/mol. The molecule has 3 aromatic rings. The molecule has 3 rings (SSSR count). The third-order valence-corrected chi connectivity index (χ3v) is 6.35. The van der Waals surface area contributed by atoms with Gasteiger partial charge in [-0.05, 0) is 49.1 Å². The van der Waals surface area contributed by atoms with E-state index >= 15 is 0 Å². The fraction of sp³-hybridized carbons (Fsp3) is 0.318. The smallest absolute Gasteiger partial charge is 0.172 e. The van der Waals surface area contributed by atoms with Crippen LogP contribution in [0.25, 0.3) is 11.4 Å². The minimum absolute atomic E-state index is 0.102. The minimum Gasteiger partial charge on any atom is -0.496 e. The fourth-order valence-corrected chi connectivity index (χ4v) is 4.43. The van der Waals surface area contributed by atoms with Crippen LogP contribution in [-0.2, 0) is 5.41 Å². The van der Waals surface area contributed by atoms with E-state index in [1.165, 1.54) is 21.3 Å². The van der Waals surface area contributed by atoms with Crippen LogP contribution in [0, 0.1) is 13.8 Å². The highest BCUT2D eigenvalue weighted by atomic mass is 32.2. The molecule has 0 saturated carbocycles. The molecule has 0 atom stereocenters. The number of hydrogen-bond donors (Lipinski definition) is 0. The van der Waals surface area contributed by atoms with Crippen LogP contribution in [0.4, 0.5) is 3.89 Å². The van der Waals surface area contributed by atoms with Crippen LogP contribution >= 0.6 is 24.1 Å². The summed E-state index contributed by atoms with van der Waals surface area (Å²) < 4.78 is 21.0. The van der Waals surface area contributed by atoms with Crippen molar-refractivity contribution in [1.29, 1.82) is 0 Å². The van der Waals surface area contributed by atoms with E-state index in [2.05, 4.69) is 50.0 Å². The van der Waals surface area contributed by atoms with Gasteiger partial charge in [-0.1, -0.05) is 56.3 Å². The van der Waals surface area contributed by atoms with E-state index in [1.54, 1.807) is 7.11 Å². The summed E-state index contributed by atoms with van der Waals surface area (Å²) in [6.07, 6.45) is 0. The lowest BCUT2D eigenvalue weighted by Gasteiger charge is -2.19. The van der Waals surface area contributed by atoms with E-state index < -0.39 is 0 Å². The summed E-state index contributed by atoms with van der Waals surface area (Å²) in [5.41, 5.74) is 4.01. The van der Waals surface area contributed by atoms with Crippen molar-refractivity contribution in [2.24, 2.45) is 0 Å². The first-order valence-corrected chi connectivity index (χ1v) is 10.6. The Morgan fingerprint density at radius 1 is 1.04 bits per heavy atom. The molecule has 0 aliphatic heterocycles. The van der Waals surface area contributed by atoms with E-state index in [1.807, 2.05) is 32.0 Å². The number of ether oxygens (including phenoxy) is 1. The van der Waals surface area contributed by atoms with Crippen molar-refractivity contribution in [2.45, 2.75) is 50.0 Å². The van der Waals surface area contributed by atoms with Crippen LogP contribution in [0.15, 0.2) is 52.4 Å². The van der Waals surface area contributed by atoms with Crippen LogP contribution in [0.2, 0.25) is 0 Å². The molecule has 0 bridgehead atoms. The maximum Gasteiger partial charge on any atom is 0.172 e. The maximum absolute atomic E-state index is 14.0. The molecule has 6 heteroatoms. The Hall–Kier alpha value is -1.92. The second kappa shape index (κ2) is 8.21. The van der Waals surface area contributed by atoms with Crippen LogP contribution in [-0.4, -0.2) is 16.1 Å². The molecule has 0 amide bonds. The first-order chi connectivity index (χ1) is 13.2. The molecule has 3 nitrogen and oxygen atoms in total. The molecular formula is C22H25FN2OS2. The van der Waals surface area contributed by atoms with Gasteiger partial charge in [0.15, 0.2) is 18.2 Å². The SMILES string of the molecule is COc1ccc(C)cc1-c1nc(C)c(Sc2ccc(C(C)(C)C)cc2)n1SF. The van der Waals surface area contributed by atoms with E-state index in [9.17, 15) is 3.89 Å². The van der Waals surface area contributed by atoms with Crippen LogP contribution in [0.3, 0.4) is 0 Å². The number of rotatable bonds is 5. The quantitative estimate of drug-likeness (QED) is 0.447. The molecule has 0 spiro atoms. The minimum atomic E-state index is 0.102. The van der Waals surface area contributed by atoms with Gasteiger partial charge < -0.3 is 4.74 Å². The number of imidazole rings is 1. The molecule has 0 saturated heterocycles. The van der Waals surface area contributed by atoms with Gasteiger partial charge in [0, 0.05) is 4.90 Å². The molecule has 0 fully saturated rings. The van der Waals surface area contributed by atoms with Crippen molar-refractivity contribution in [1.82, 2.24) is 8.96 Å². The number of methoxy groups -OCH3 is 1. The summed E-state index contributed by atoms with van der Waals surface area (Å²) >= 11 is 1.68. The van der Waals surface area contributed by atoms with E-state index in [4.69, 9.17) is 4.74 Å². The number of aryl methyl sites for hydroxylation is 2. The van der Waals surface area contributed by atoms with Gasteiger partial charge in [0.05, 0.1) is 18.4 Å². The first-order valence-electron chi connectivity index (χ1n) is 9.06. The highest BCUT2D eigenvalue weighted by Gasteiger charge is 2.21. The summed E-state index contributed by atoms with van der Waals surface area (Å²) in [5.74, 6) is 1.23. The topological polar surface area (TPSA) is 27.1 Å². The zero-order valence-corrected chi connectivity index (χ0v) is 18.7. The molecule has 1 heterocycles. The van der Waals surface area contributed by atoms with Gasteiger partial charge in [0.1, 0.15) is 10.8 Å². The number of nitrogens with zero attached hydrogens (tertiary/aromatic N) is 2. The van der Waals surface area contributed by atoms with Crippen molar-refractivity contribution in [3.8, 4) is 17.1 Å². The second-order valence-corrected chi connectivity index (χ2v) is 9.33. The second-order valence-electron chi connectivity index (χ2n) is 7.77. The van der Waals surface area contributed by atoms with Crippen molar-refractivity contribution in [2.75, 3.05) is 7.11 Å². The van der Waals surface area contributed by atoms with Gasteiger partial charge >= 0.3 is 0 Å². The van der Waals surface area contributed by atoms with E-state index in [0.29, 0.717) is 11.6 Å². The summed E-state index contributed by atoms with van der Waals surface area (Å²) in [4.78, 5) is 5.71. The van der Waals surface area contributed by atoms with Crippen molar-refractivity contribution >= 4 is 24.1 Å². The summed E-state index contributed by atoms with van der Waals surface area (Å²) in [6, 6.07) is 14.3. The molecule has 1 aromatic heterocycles. The molecule has 0 radical (unpaired) electrons. The molecule has 0 aliphatic rings. The number of hydrogen-bond acceptors (Lipinski definition) is 4. The van der Waals surface area contributed by atoms with Crippen LogP contribution < -0.4 is 4.74 Å². The third kappa shape index (κ3) is 4.23. The number of halogens is 1.